The zero-order chi connectivity index (χ0) is 14.9. The number of ether oxygens (including phenoxy) is 2. The molecule has 1 fully saturated rings. The minimum atomic E-state index is 0.108. The van der Waals surface area contributed by atoms with Crippen molar-refractivity contribution in [1.82, 2.24) is 10.3 Å². The van der Waals surface area contributed by atoms with Crippen LogP contribution in [0.25, 0.3) is 0 Å². The highest BCUT2D eigenvalue weighted by atomic mass is 16.5. The molecular weight excluding hydrogens is 268 g/mol. The predicted octanol–water partition coefficient (Wildman–Crippen LogP) is 1.45. The van der Waals surface area contributed by atoms with Gasteiger partial charge in [-0.25, -0.2) is 9.98 Å². The van der Waals surface area contributed by atoms with E-state index in [1.807, 2.05) is 12.1 Å². The van der Waals surface area contributed by atoms with Crippen molar-refractivity contribution in [2.24, 2.45) is 10.7 Å². The number of guanidine groups is 1. The molecule has 3 N–H and O–H groups in total. The van der Waals surface area contributed by atoms with Crippen LogP contribution in [0.5, 0.6) is 5.88 Å². The van der Waals surface area contributed by atoms with Crippen molar-refractivity contribution in [3.05, 3.63) is 23.9 Å². The number of aromatic nitrogens is 1. The van der Waals surface area contributed by atoms with Gasteiger partial charge in [0.05, 0.1) is 19.8 Å². The van der Waals surface area contributed by atoms with Crippen molar-refractivity contribution in [3.63, 3.8) is 0 Å². The van der Waals surface area contributed by atoms with Crippen molar-refractivity contribution < 1.29 is 9.47 Å². The van der Waals surface area contributed by atoms with E-state index in [9.17, 15) is 0 Å². The van der Waals surface area contributed by atoms with E-state index in [0.29, 0.717) is 25.0 Å². The van der Waals surface area contributed by atoms with Crippen LogP contribution >= 0.6 is 0 Å². The van der Waals surface area contributed by atoms with E-state index in [4.69, 9.17) is 15.2 Å². The first-order chi connectivity index (χ1) is 10.3. The first-order valence-electron chi connectivity index (χ1n) is 7.51. The molecule has 1 aliphatic rings. The topological polar surface area (TPSA) is 81.8 Å². The maximum atomic E-state index is 5.81. The molecule has 2 heterocycles. The summed E-state index contributed by atoms with van der Waals surface area (Å²) >= 11 is 0. The van der Waals surface area contributed by atoms with Gasteiger partial charge < -0.3 is 20.5 Å². The average molecular weight is 292 g/mol. The second-order valence-electron chi connectivity index (χ2n) is 5.09. The standard InChI is InChI=1S/C15H24N4O2/c1-2-3-6-18-15(16)19-10-12-4-7-17-14(9-12)21-13-5-8-20-11-13/h4,7,9,13H,2-3,5-6,8,10-11H2,1H3,(H3,16,18,19). The Morgan fingerprint density at radius 3 is 3.29 bits per heavy atom. The van der Waals surface area contributed by atoms with Crippen LogP contribution in [0.2, 0.25) is 0 Å². The Kier molecular flexibility index (Phi) is 6.27. The molecule has 1 unspecified atom stereocenters. The number of rotatable bonds is 7. The van der Waals surface area contributed by atoms with E-state index in [-0.39, 0.29) is 6.10 Å². The maximum absolute atomic E-state index is 5.81. The third-order valence-electron chi connectivity index (χ3n) is 3.24. The Hall–Kier alpha value is -1.82. The van der Waals surface area contributed by atoms with Crippen LogP contribution in [0.1, 0.15) is 31.7 Å². The summed E-state index contributed by atoms with van der Waals surface area (Å²) in [7, 11) is 0. The number of nitrogens with zero attached hydrogens (tertiary/aromatic N) is 2. The Labute approximate surface area is 125 Å². The Bertz CT molecular complexity index is 459. The second kappa shape index (κ2) is 8.46. The van der Waals surface area contributed by atoms with Gasteiger partial charge in [-0.2, -0.15) is 0 Å². The first kappa shape index (κ1) is 15.6. The van der Waals surface area contributed by atoms with Gasteiger partial charge in [0.25, 0.3) is 0 Å². The molecule has 0 radical (unpaired) electrons. The van der Waals surface area contributed by atoms with E-state index < -0.39 is 0 Å². The zero-order valence-corrected chi connectivity index (χ0v) is 12.5. The highest BCUT2D eigenvalue weighted by Crippen LogP contribution is 2.16. The van der Waals surface area contributed by atoms with E-state index >= 15 is 0 Å². The number of pyridine rings is 1. The monoisotopic (exact) mass is 292 g/mol. The first-order valence-corrected chi connectivity index (χ1v) is 7.51. The van der Waals surface area contributed by atoms with Gasteiger partial charge in [0.1, 0.15) is 6.10 Å². The molecule has 1 saturated heterocycles. The Balaban J connectivity index is 1.83. The average Bonchev–Trinajstić information content (AvgIpc) is 2.99. The van der Waals surface area contributed by atoms with Crippen molar-refractivity contribution in [3.8, 4) is 5.88 Å². The Morgan fingerprint density at radius 1 is 1.62 bits per heavy atom. The van der Waals surface area contributed by atoms with Gasteiger partial charge in [-0.1, -0.05) is 13.3 Å². The van der Waals surface area contributed by atoms with Gasteiger partial charge in [-0.3, -0.25) is 0 Å². The molecule has 0 saturated carbocycles. The molecule has 1 aliphatic heterocycles. The van der Waals surface area contributed by atoms with Crippen molar-refractivity contribution >= 4 is 5.96 Å². The molecule has 21 heavy (non-hydrogen) atoms. The number of nitrogens with one attached hydrogen (secondary N) is 1. The van der Waals surface area contributed by atoms with Gasteiger partial charge in [0.2, 0.25) is 5.88 Å². The van der Waals surface area contributed by atoms with Crippen molar-refractivity contribution in [2.45, 2.75) is 38.8 Å². The van der Waals surface area contributed by atoms with Crippen LogP contribution in [0.15, 0.2) is 23.3 Å². The lowest BCUT2D eigenvalue weighted by Gasteiger charge is -2.11. The number of unbranched alkanes of at least 4 members (excludes halogenated alkanes) is 1. The molecule has 116 valence electrons. The smallest absolute Gasteiger partial charge is 0.213 e. The molecule has 2 rings (SSSR count). The molecule has 6 heteroatoms. The molecule has 0 amide bonds. The molecule has 1 aromatic rings. The normalized spacial score (nSPS) is 18.7. The van der Waals surface area contributed by atoms with E-state index in [0.717, 1.165) is 38.0 Å². The summed E-state index contributed by atoms with van der Waals surface area (Å²) in [6, 6.07) is 3.82. The molecule has 6 nitrogen and oxygen atoms in total. The molecular formula is C15H24N4O2. The number of hydrogen-bond acceptors (Lipinski definition) is 4. The van der Waals surface area contributed by atoms with Crippen LogP contribution in [0.4, 0.5) is 0 Å². The molecule has 0 aromatic carbocycles. The molecule has 0 bridgehead atoms. The van der Waals surface area contributed by atoms with Crippen LogP contribution in [0, 0.1) is 0 Å². The minimum Gasteiger partial charge on any atom is -0.472 e. The number of hydrogen-bond donors (Lipinski definition) is 2. The van der Waals surface area contributed by atoms with Gasteiger partial charge in [0, 0.05) is 25.2 Å². The fourth-order valence-corrected chi connectivity index (χ4v) is 2.02. The summed E-state index contributed by atoms with van der Waals surface area (Å²) in [5, 5.41) is 3.09. The fourth-order valence-electron chi connectivity index (χ4n) is 2.02. The lowest BCUT2D eigenvalue weighted by atomic mass is 10.2. The molecule has 0 spiro atoms. The van der Waals surface area contributed by atoms with E-state index in [2.05, 4.69) is 22.2 Å². The molecule has 1 atom stereocenters. The summed E-state index contributed by atoms with van der Waals surface area (Å²) in [5.41, 5.74) is 6.83. The van der Waals surface area contributed by atoms with E-state index in [1.54, 1.807) is 6.20 Å². The van der Waals surface area contributed by atoms with Gasteiger partial charge in [-0.15, -0.1) is 0 Å². The largest absolute Gasteiger partial charge is 0.472 e. The maximum Gasteiger partial charge on any atom is 0.213 e. The highest BCUT2D eigenvalue weighted by Gasteiger charge is 2.17. The SMILES string of the molecule is CCCCNC(N)=NCc1ccnc(OC2CCOC2)c1. The number of nitrogens with two attached hydrogens (primary N) is 1. The third kappa shape index (κ3) is 5.59. The van der Waals surface area contributed by atoms with Gasteiger partial charge >= 0.3 is 0 Å². The van der Waals surface area contributed by atoms with Crippen LogP contribution in [0.3, 0.4) is 0 Å². The summed E-state index contributed by atoms with van der Waals surface area (Å²) in [6.45, 7) is 4.92. The van der Waals surface area contributed by atoms with Crippen molar-refractivity contribution in [2.75, 3.05) is 19.8 Å². The fraction of sp³-hybridized carbons (Fsp3) is 0.600. The lowest BCUT2D eigenvalue weighted by Crippen LogP contribution is -2.32. The summed E-state index contributed by atoms with van der Waals surface area (Å²) in [6.07, 6.45) is 4.98. The minimum absolute atomic E-state index is 0.108. The number of aliphatic imine (C=N–C) groups is 1. The van der Waals surface area contributed by atoms with E-state index in [1.165, 1.54) is 0 Å². The summed E-state index contributed by atoms with van der Waals surface area (Å²) in [5.74, 6) is 1.10. The highest BCUT2D eigenvalue weighted by molar-refractivity contribution is 5.77. The lowest BCUT2D eigenvalue weighted by molar-refractivity contribution is 0.138. The third-order valence-corrected chi connectivity index (χ3v) is 3.24. The predicted molar refractivity (Wildman–Crippen MR) is 82.3 cm³/mol. The van der Waals surface area contributed by atoms with Gasteiger partial charge in [-0.05, 0) is 18.1 Å². The Morgan fingerprint density at radius 2 is 2.52 bits per heavy atom. The molecule has 0 aliphatic carbocycles. The van der Waals surface area contributed by atoms with Crippen LogP contribution in [-0.2, 0) is 11.3 Å². The summed E-state index contributed by atoms with van der Waals surface area (Å²) < 4.78 is 11.1. The summed E-state index contributed by atoms with van der Waals surface area (Å²) in [4.78, 5) is 8.53. The van der Waals surface area contributed by atoms with Gasteiger partial charge in [0.15, 0.2) is 5.96 Å². The second-order valence-corrected chi connectivity index (χ2v) is 5.09. The van der Waals surface area contributed by atoms with Crippen LogP contribution in [-0.4, -0.2) is 36.8 Å². The van der Waals surface area contributed by atoms with Crippen LogP contribution < -0.4 is 15.8 Å². The zero-order valence-electron chi connectivity index (χ0n) is 12.5. The molecule has 1 aromatic heterocycles. The quantitative estimate of drug-likeness (QED) is 0.451. The van der Waals surface area contributed by atoms with Crippen molar-refractivity contribution in [1.29, 1.82) is 0 Å².